The molecule has 2 rings (SSSR count). The molecule has 0 spiro atoms. The summed E-state index contributed by atoms with van der Waals surface area (Å²) in [6.45, 7) is 2.46. The molecule has 0 fully saturated rings. The summed E-state index contributed by atoms with van der Waals surface area (Å²) in [5.74, 6) is -1.27. The fraction of sp³-hybridized carbons (Fsp3) is 0.250. The van der Waals surface area contributed by atoms with Gasteiger partial charge in [-0.25, -0.2) is 0 Å². The molecule has 1 heterocycles. The van der Waals surface area contributed by atoms with E-state index in [9.17, 15) is 9.59 Å². The van der Waals surface area contributed by atoms with Crippen molar-refractivity contribution in [2.45, 2.75) is 24.8 Å². The van der Waals surface area contributed by atoms with Crippen molar-refractivity contribution in [1.82, 2.24) is 5.32 Å². The monoisotopic (exact) mass is 334 g/mol. The molecule has 2 N–H and O–H groups in total. The number of aryl methyl sites for hydroxylation is 1. The standard InChI is InChI=1S/C16H18N2O2S2/c1-3-12-7-8-14(22-12)10-17-15(19)16(20)18-11-5-4-6-13(9-11)21-2/h4-9H,3,10H2,1-2H3,(H,17,19)(H,18,20). The molecule has 116 valence electrons. The van der Waals surface area contributed by atoms with Crippen LogP contribution in [0.1, 0.15) is 16.7 Å². The summed E-state index contributed by atoms with van der Waals surface area (Å²) in [7, 11) is 0. The van der Waals surface area contributed by atoms with Crippen LogP contribution in [0.15, 0.2) is 41.3 Å². The van der Waals surface area contributed by atoms with Crippen LogP contribution in [0.25, 0.3) is 0 Å². The highest BCUT2D eigenvalue weighted by molar-refractivity contribution is 7.98. The van der Waals surface area contributed by atoms with Crippen molar-refractivity contribution in [3.63, 3.8) is 0 Å². The molecule has 22 heavy (non-hydrogen) atoms. The number of amides is 2. The molecule has 6 heteroatoms. The number of anilines is 1. The van der Waals surface area contributed by atoms with E-state index in [1.54, 1.807) is 29.2 Å². The van der Waals surface area contributed by atoms with Crippen molar-refractivity contribution in [1.29, 1.82) is 0 Å². The quantitative estimate of drug-likeness (QED) is 0.652. The topological polar surface area (TPSA) is 58.2 Å². The number of thioether (sulfide) groups is 1. The maximum atomic E-state index is 11.9. The minimum absolute atomic E-state index is 0.377. The normalized spacial score (nSPS) is 10.3. The summed E-state index contributed by atoms with van der Waals surface area (Å²) in [5.41, 5.74) is 0.622. The third-order valence-electron chi connectivity index (χ3n) is 3.02. The first kappa shape index (κ1) is 16.6. The SMILES string of the molecule is CCc1ccc(CNC(=O)C(=O)Nc2cccc(SC)c2)s1. The van der Waals surface area contributed by atoms with Crippen molar-refractivity contribution in [3.8, 4) is 0 Å². The van der Waals surface area contributed by atoms with Gasteiger partial charge in [-0.2, -0.15) is 0 Å². The summed E-state index contributed by atoms with van der Waals surface area (Å²) in [5, 5.41) is 5.25. The fourth-order valence-electron chi connectivity index (χ4n) is 1.84. The molecule has 0 radical (unpaired) electrons. The maximum absolute atomic E-state index is 11.9. The first-order chi connectivity index (χ1) is 10.6. The Kier molecular flexibility index (Phi) is 6.03. The van der Waals surface area contributed by atoms with Crippen molar-refractivity contribution >= 4 is 40.6 Å². The minimum atomic E-state index is -0.648. The lowest BCUT2D eigenvalue weighted by Crippen LogP contribution is -2.34. The minimum Gasteiger partial charge on any atom is -0.343 e. The number of nitrogens with one attached hydrogen (secondary N) is 2. The smallest absolute Gasteiger partial charge is 0.313 e. The predicted molar refractivity (Wildman–Crippen MR) is 92.4 cm³/mol. The van der Waals surface area contributed by atoms with Crippen LogP contribution in [-0.2, 0) is 22.6 Å². The van der Waals surface area contributed by atoms with Crippen LogP contribution in [0.5, 0.6) is 0 Å². The van der Waals surface area contributed by atoms with Crippen LogP contribution >= 0.6 is 23.1 Å². The highest BCUT2D eigenvalue weighted by atomic mass is 32.2. The molecular weight excluding hydrogens is 316 g/mol. The number of hydrogen-bond acceptors (Lipinski definition) is 4. The number of carbonyl (C=O) groups is 2. The average Bonchev–Trinajstić information content (AvgIpc) is 3.00. The Bertz CT molecular complexity index is 668. The molecule has 0 atom stereocenters. The second kappa shape index (κ2) is 8.00. The Morgan fingerprint density at radius 2 is 1.91 bits per heavy atom. The second-order valence-corrected chi connectivity index (χ2v) is 6.72. The van der Waals surface area contributed by atoms with Gasteiger partial charge in [0.25, 0.3) is 0 Å². The van der Waals surface area contributed by atoms with Gasteiger partial charge in [0.1, 0.15) is 0 Å². The van der Waals surface area contributed by atoms with Crippen molar-refractivity contribution in [2.75, 3.05) is 11.6 Å². The summed E-state index contributed by atoms with van der Waals surface area (Å²) >= 11 is 3.23. The molecule has 1 aromatic carbocycles. The Morgan fingerprint density at radius 3 is 2.59 bits per heavy atom. The highest BCUT2D eigenvalue weighted by Crippen LogP contribution is 2.19. The molecule has 2 amide bonds. The van der Waals surface area contributed by atoms with Crippen LogP contribution in [-0.4, -0.2) is 18.1 Å². The molecule has 0 bridgehead atoms. The van der Waals surface area contributed by atoms with Crippen molar-refractivity contribution in [3.05, 3.63) is 46.2 Å². The van der Waals surface area contributed by atoms with Gasteiger partial charge in [-0.05, 0) is 43.0 Å². The summed E-state index contributed by atoms with van der Waals surface area (Å²) < 4.78 is 0. The Morgan fingerprint density at radius 1 is 1.14 bits per heavy atom. The maximum Gasteiger partial charge on any atom is 0.313 e. The number of thiophene rings is 1. The average molecular weight is 334 g/mol. The first-order valence-corrected chi connectivity index (χ1v) is 8.97. The van der Waals surface area contributed by atoms with Gasteiger partial charge in [0, 0.05) is 20.3 Å². The van der Waals surface area contributed by atoms with Gasteiger partial charge in [-0.3, -0.25) is 9.59 Å². The zero-order chi connectivity index (χ0) is 15.9. The number of hydrogen-bond donors (Lipinski definition) is 2. The lowest BCUT2D eigenvalue weighted by molar-refractivity contribution is -0.136. The van der Waals surface area contributed by atoms with E-state index in [1.165, 1.54) is 4.88 Å². The molecular formula is C16H18N2O2S2. The zero-order valence-corrected chi connectivity index (χ0v) is 14.1. The van der Waals surface area contributed by atoms with E-state index < -0.39 is 11.8 Å². The Balaban J connectivity index is 1.87. The Hall–Kier alpha value is -1.79. The summed E-state index contributed by atoms with van der Waals surface area (Å²) in [4.78, 5) is 27.0. The highest BCUT2D eigenvalue weighted by Gasteiger charge is 2.13. The molecule has 0 aliphatic carbocycles. The zero-order valence-electron chi connectivity index (χ0n) is 12.5. The van der Waals surface area contributed by atoms with E-state index in [0.717, 1.165) is 16.2 Å². The molecule has 0 unspecified atom stereocenters. The number of carbonyl (C=O) groups excluding carboxylic acids is 2. The fourth-order valence-corrected chi connectivity index (χ4v) is 3.20. The molecule has 0 aliphatic rings. The first-order valence-electron chi connectivity index (χ1n) is 6.93. The van der Waals surface area contributed by atoms with E-state index in [4.69, 9.17) is 0 Å². The number of benzene rings is 1. The van der Waals surface area contributed by atoms with Gasteiger partial charge in [0.2, 0.25) is 0 Å². The molecule has 4 nitrogen and oxygen atoms in total. The van der Waals surface area contributed by atoms with E-state index in [-0.39, 0.29) is 0 Å². The molecule has 1 aromatic heterocycles. The van der Waals surface area contributed by atoms with Gasteiger partial charge in [-0.1, -0.05) is 13.0 Å². The summed E-state index contributed by atoms with van der Waals surface area (Å²) in [6.07, 6.45) is 2.93. The van der Waals surface area contributed by atoms with E-state index >= 15 is 0 Å². The largest absolute Gasteiger partial charge is 0.343 e. The van der Waals surface area contributed by atoms with Crippen LogP contribution in [0.4, 0.5) is 5.69 Å². The second-order valence-electron chi connectivity index (χ2n) is 4.59. The van der Waals surface area contributed by atoms with Gasteiger partial charge >= 0.3 is 11.8 Å². The molecule has 0 saturated carbocycles. The van der Waals surface area contributed by atoms with Gasteiger partial charge in [0.15, 0.2) is 0 Å². The van der Waals surface area contributed by atoms with Crippen LogP contribution in [0.2, 0.25) is 0 Å². The Labute approximate surface area is 138 Å². The molecule has 0 saturated heterocycles. The third kappa shape index (κ3) is 4.61. The van der Waals surface area contributed by atoms with E-state index in [0.29, 0.717) is 12.2 Å². The van der Waals surface area contributed by atoms with Gasteiger partial charge in [-0.15, -0.1) is 23.1 Å². The molecule has 2 aromatic rings. The summed E-state index contributed by atoms with van der Waals surface area (Å²) in [6, 6.07) is 11.4. The lowest BCUT2D eigenvalue weighted by Gasteiger charge is -2.06. The van der Waals surface area contributed by atoms with Gasteiger partial charge in [0.05, 0.1) is 6.54 Å². The third-order valence-corrected chi connectivity index (χ3v) is 4.98. The number of rotatable bonds is 5. The van der Waals surface area contributed by atoms with E-state index in [2.05, 4.69) is 17.6 Å². The van der Waals surface area contributed by atoms with Gasteiger partial charge < -0.3 is 10.6 Å². The predicted octanol–water partition coefficient (Wildman–Crippen LogP) is 3.29. The van der Waals surface area contributed by atoms with Crippen molar-refractivity contribution in [2.24, 2.45) is 0 Å². The van der Waals surface area contributed by atoms with Crippen LogP contribution in [0.3, 0.4) is 0 Å². The van der Waals surface area contributed by atoms with Crippen LogP contribution in [0, 0.1) is 0 Å². The molecule has 0 aliphatic heterocycles. The lowest BCUT2D eigenvalue weighted by atomic mass is 10.3. The van der Waals surface area contributed by atoms with E-state index in [1.807, 2.05) is 36.6 Å². The van der Waals surface area contributed by atoms with Crippen molar-refractivity contribution < 1.29 is 9.59 Å². The van der Waals surface area contributed by atoms with Crippen LogP contribution < -0.4 is 10.6 Å².